The molecular weight excluding hydrogens is 711 g/mol. The Labute approximate surface area is 275 Å². The first-order chi connectivity index (χ1) is 20.2. The smallest absolute Gasteiger partial charge is 0.277 e. The fourth-order valence-electron chi connectivity index (χ4n) is 4.40. The van der Waals surface area contributed by atoms with Gasteiger partial charge >= 0.3 is 0 Å². The molecule has 1 aliphatic heterocycles. The fraction of sp³-hybridized carbons (Fsp3) is 0.621. The fourth-order valence-corrected chi connectivity index (χ4v) is 7.25. The minimum Gasteiger partial charge on any atom is -0.471 e. The van der Waals surface area contributed by atoms with Crippen LogP contribution in [0.1, 0.15) is 59.8 Å². The van der Waals surface area contributed by atoms with Crippen LogP contribution in [0.4, 0.5) is 11.6 Å². The van der Waals surface area contributed by atoms with Crippen LogP contribution in [0.25, 0.3) is 11.2 Å². The van der Waals surface area contributed by atoms with Gasteiger partial charge in [-0.1, -0.05) is 41.5 Å². The summed E-state index contributed by atoms with van der Waals surface area (Å²) in [4.78, 5) is 24.5. The summed E-state index contributed by atoms with van der Waals surface area (Å²) in [5.41, 5.74) is 7.33. The van der Waals surface area contributed by atoms with Crippen LogP contribution >= 0.6 is 22.6 Å². The van der Waals surface area contributed by atoms with Crippen LogP contribution in [0.5, 0.6) is 5.88 Å². The number of fused-ring (bicyclic) bond motifs is 1. The molecule has 1 aromatic carbocycles. The highest BCUT2D eigenvalue weighted by Crippen LogP contribution is 2.43. The summed E-state index contributed by atoms with van der Waals surface area (Å²) in [6, 6.07) is 4.96. The van der Waals surface area contributed by atoms with Crippen LogP contribution < -0.4 is 10.5 Å². The van der Waals surface area contributed by atoms with Gasteiger partial charge in [-0.3, -0.25) is 14.7 Å². The van der Waals surface area contributed by atoms with Crippen molar-refractivity contribution in [2.75, 3.05) is 12.3 Å². The van der Waals surface area contributed by atoms with Gasteiger partial charge in [-0.05, 0) is 71.0 Å². The second kappa shape index (κ2) is 12.5. The maximum absolute atomic E-state index is 11.6. The summed E-state index contributed by atoms with van der Waals surface area (Å²) in [6.07, 6.45) is 1.33. The van der Waals surface area contributed by atoms with Gasteiger partial charge in [0.05, 0.1) is 29.5 Å². The van der Waals surface area contributed by atoms with Crippen molar-refractivity contribution in [3.63, 3.8) is 0 Å². The molecule has 0 spiro atoms. The van der Waals surface area contributed by atoms with Gasteiger partial charge in [-0.2, -0.15) is 9.97 Å². The van der Waals surface area contributed by atoms with Crippen molar-refractivity contribution in [3.8, 4) is 5.88 Å². The maximum atomic E-state index is 11.6. The highest BCUT2D eigenvalue weighted by Gasteiger charge is 2.47. The van der Waals surface area contributed by atoms with Crippen molar-refractivity contribution in [2.45, 2.75) is 109 Å². The summed E-state index contributed by atoms with van der Waals surface area (Å²) < 4.78 is 28.7. The third-order valence-electron chi connectivity index (χ3n) is 9.17. The highest BCUT2D eigenvalue weighted by molar-refractivity contribution is 14.1. The standard InChI is InChI=1S/C29H45IN6O6Si2/c1-28(2,3)43(7,8)40-16-22-21(42-44(9,10)29(4,5)6)14-23(41-22)35-17-32-24-25(35)33-27(31)34-26(24)39-15-18-11-12-19(30)13-20(18)36(37)38/h11-13,17,21-23H,14-16H2,1-10H3,(H2,31,33,34)/t21?,22-,23-/m1/s1. The Hall–Kier alpha value is -2.19. The van der Waals surface area contributed by atoms with Gasteiger partial charge in [0.1, 0.15) is 18.9 Å². The molecule has 15 heteroatoms. The van der Waals surface area contributed by atoms with Gasteiger partial charge in [-0.25, -0.2) is 4.98 Å². The van der Waals surface area contributed by atoms with E-state index in [1.54, 1.807) is 18.5 Å². The Bertz CT molecular complexity index is 1520. The number of rotatable bonds is 10. The molecule has 1 fully saturated rings. The number of nitro benzene ring substituents is 1. The summed E-state index contributed by atoms with van der Waals surface area (Å²) in [5.74, 6) is 0.139. The number of imidazole rings is 1. The Kier molecular flexibility index (Phi) is 9.89. The lowest BCUT2D eigenvalue weighted by Crippen LogP contribution is -2.48. The Balaban J connectivity index is 1.63. The predicted molar refractivity (Wildman–Crippen MR) is 184 cm³/mol. The summed E-state index contributed by atoms with van der Waals surface area (Å²) >= 11 is 2.04. The van der Waals surface area contributed by atoms with E-state index in [1.165, 1.54) is 6.07 Å². The number of nitrogens with zero attached hydrogens (tertiary/aromatic N) is 5. The molecule has 4 rings (SSSR count). The van der Waals surface area contributed by atoms with Crippen molar-refractivity contribution in [3.05, 3.63) is 43.8 Å². The molecular formula is C29H45IN6O6Si2. The number of aromatic nitrogens is 4. The summed E-state index contributed by atoms with van der Waals surface area (Å²) in [6.45, 7) is 22.6. The van der Waals surface area contributed by atoms with Crippen LogP contribution in [0.15, 0.2) is 24.5 Å². The number of halogens is 1. The van der Waals surface area contributed by atoms with E-state index in [2.05, 4.69) is 82.7 Å². The van der Waals surface area contributed by atoms with E-state index in [4.69, 9.17) is 24.1 Å². The molecule has 12 nitrogen and oxygen atoms in total. The molecule has 1 aliphatic rings. The number of ether oxygens (including phenoxy) is 2. The molecule has 0 amide bonds. The van der Waals surface area contributed by atoms with Gasteiger partial charge in [0.15, 0.2) is 27.8 Å². The average molecular weight is 757 g/mol. The molecule has 3 heterocycles. The first-order valence-electron chi connectivity index (χ1n) is 14.7. The van der Waals surface area contributed by atoms with E-state index >= 15 is 0 Å². The number of nitrogens with two attached hydrogens (primary N) is 1. The lowest BCUT2D eigenvalue weighted by molar-refractivity contribution is -0.385. The van der Waals surface area contributed by atoms with Crippen LogP contribution in [0.3, 0.4) is 0 Å². The third-order valence-corrected chi connectivity index (χ3v) is 18.8. The van der Waals surface area contributed by atoms with E-state index < -0.39 is 27.8 Å². The number of nitrogen functional groups attached to an aromatic ring is 1. The molecule has 3 atom stereocenters. The highest BCUT2D eigenvalue weighted by atomic mass is 127. The molecule has 242 valence electrons. The zero-order valence-electron chi connectivity index (χ0n) is 27.3. The number of benzene rings is 1. The minimum atomic E-state index is -2.13. The van der Waals surface area contributed by atoms with Crippen molar-refractivity contribution in [1.29, 1.82) is 0 Å². The first-order valence-corrected chi connectivity index (χ1v) is 21.6. The van der Waals surface area contributed by atoms with Crippen LogP contribution in [-0.4, -0.2) is 59.9 Å². The van der Waals surface area contributed by atoms with E-state index in [1.807, 2.05) is 27.2 Å². The summed E-state index contributed by atoms with van der Waals surface area (Å²) in [5, 5.41) is 11.7. The normalized spacial score (nSPS) is 19.9. The first kappa shape index (κ1) is 34.7. The Morgan fingerprint density at radius 3 is 2.39 bits per heavy atom. The van der Waals surface area contributed by atoms with Crippen LogP contribution in [0.2, 0.25) is 36.3 Å². The lowest BCUT2D eigenvalue weighted by Gasteiger charge is -2.40. The quantitative estimate of drug-likeness (QED) is 0.0974. The zero-order valence-corrected chi connectivity index (χ0v) is 31.5. The average Bonchev–Trinajstić information content (AvgIpc) is 3.48. The maximum Gasteiger partial charge on any atom is 0.277 e. The second-order valence-corrected chi connectivity index (χ2v) is 25.2. The Morgan fingerprint density at radius 2 is 1.77 bits per heavy atom. The lowest BCUT2D eigenvalue weighted by atomic mass is 10.2. The van der Waals surface area contributed by atoms with Crippen molar-refractivity contribution < 1.29 is 23.2 Å². The van der Waals surface area contributed by atoms with Gasteiger partial charge in [0.25, 0.3) is 5.69 Å². The number of nitro groups is 1. The molecule has 3 aromatic rings. The molecule has 2 aromatic heterocycles. The molecule has 2 N–H and O–H groups in total. The summed E-state index contributed by atoms with van der Waals surface area (Å²) in [7, 11) is -4.17. The van der Waals surface area contributed by atoms with Crippen LogP contribution in [-0.2, 0) is 20.2 Å². The molecule has 0 radical (unpaired) electrons. The van der Waals surface area contributed by atoms with E-state index in [0.29, 0.717) is 29.8 Å². The van der Waals surface area contributed by atoms with Gasteiger partial charge in [-0.15, -0.1) is 0 Å². The topological polar surface area (TPSA) is 150 Å². The molecule has 44 heavy (non-hydrogen) atoms. The van der Waals surface area contributed by atoms with Crippen LogP contribution in [0, 0.1) is 13.7 Å². The predicted octanol–water partition coefficient (Wildman–Crippen LogP) is 7.20. The molecule has 1 unspecified atom stereocenters. The van der Waals surface area contributed by atoms with Crippen molar-refractivity contribution in [1.82, 2.24) is 19.5 Å². The molecule has 1 saturated heterocycles. The van der Waals surface area contributed by atoms with E-state index in [-0.39, 0.29) is 46.4 Å². The minimum absolute atomic E-state index is 0.00348. The second-order valence-electron chi connectivity index (χ2n) is 14.4. The molecule has 0 saturated carbocycles. The largest absolute Gasteiger partial charge is 0.471 e. The zero-order chi connectivity index (χ0) is 32.8. The third kappa shape index (κ3) is 7.44. The van der Waals surface area contributed by atoms with Crippen molar-refractivity contribution in [2.24, 2.45) is 0 Å². The van der Waals surface area contributed by atoms with Gasteiger partial charge in [0, 0.05) is 16.1 Å². The van der Waals surface area contributed by atoms with Gasteiger partial charge < -0.3 is 24.1 Å². The van der Waals surface area contributed by atoms with Crippen molar-refractivity contribution >= 4 is 62.0 Å². The molecule has 0 aliphatic carbocycles. The number of hydrogen-bond donors (Lipinski definition) is 1. The number of anilines is 1. The van der Waals surface area contributed by atoms with E-state index in [9.17, 15) is 10.1 Å². The van der Waals surface area contributed by atoms with Gasteiger partial charge in [0.2, 0.25) is 11.8 Å². The SMILES string of the molecule is CC(C)(C)[Si](C)(C)OC[C@H]1O[C@@H](n2cnc3c(OCc4ccc(I)cc4[N+](=O)[O-])nc(N)nc32)CC1O[Si](C)(C)C(C)(C)C. The number of hydrogen-bond acceptors (Lipinski definition) is 10. The molecule has 0 bridgehead atoms. The Morgan fingerprint density at radius 1 is 1.11 bits per heavy atom. The van der Waals surface area contributed by atoms with E-state index in [0.717, 1.165) is 3.57 Å². The monoisotopic (exact) mass is 756 g/mol.